The molecule has 0 unspecified atom stereocenters. The van der Waals surface area contributed by atoms with Crippen LogP contribution in [0.1, 0.15) is 37.8 Å². The van der Waals surface area contributed by atoms with Gasteiger partial charge in [-0.05, 0) is 56.8 Å². The van der Waals surface area contributed by atoms with Crippen molar-refractivity contribution in [3.63, 3.8) is 0 Å². The minimum absolute atomic E-state index is 0.0138. The van der Waals surface area contributed by atoms with Gasteiger partial charge in [0, 0.05) is 11.8 Å². The van der Waals surface area contributed by atoms with Crippen LogP contribution in [0.5, 0.6) is 0 Å². The van der Waals surface area contributed by atoms with E-state index in [1.807, 2.05) is 24.3 Å². The van der Waals surface area contributed by atoms with Gasteiger partial charge in [-0.15, -0.1) is 0 Å². The lowest BCUT2D eigenvalue weighted by molar-refractivity contribution is -0.129. The van der Waals surface area contributed by atoms with Gasteiger partial charge >= 0.3 is 0 Å². The van der Waals surface area contributed by atoms with Crippen LogP contribution in [-0.4, -0.2) is 46.7 Å². The van der Waals surface area contributed by atoms with Crippen molar-refractivity contribution in [2.75, 3.05) is 19.6 Å². The first-order chi connectivity index (χ1) is 13.2. The van der Waals surface area contributed by atoms with Crippen LogP contribution in [0, 0.1) is 5.92 Å². The van der Waals surface area contributed by atoms with Crippen LogP contribution >= 0.6 is 0 Å². The number of hydroxylamine groups is 1. The molecule has 1 aliphatic heterocycles. The van der Waals surface area contributed by atoms with Gasteiger partial charge < -0.3 is 9.84 Å². The number of fused-ring (bicyclic) bond motifs is 1. The molecule has 8 nitrogen and oxygen atoms in total. The number of likely N-dealkylation sites (tertiary alicyclic amines) is 1. The number of aromatic nitrogens is 1. The topological polar surface area (TPSA) is 108 Å². The molecule has 2 heterocycles. The maximum Gasteiger partial charge on any atom is 0.243 e. The molecule has 146 valence electrons. The van der Waals surface area contributed by atoms with Crippen molar-refractivity contribution >= 4 is 22.8 Å². The zero-order valence-corrected chi connectivity index (χ0v) is 15.3. The Morgan fingerprint density at radius 1 is 1.22 bits per heavy atom. The van der Waals surface area contributed by atoms with Gasteiger partial charge in [0.25, 0.3) is 0 Å². The second-order valence-electron chi connectivity index (χ2n) is 7.05. The highest BCUT2D eigenvalue weighted by atomic mass is 16.5. The first-order valence-electron chi connectivity index (χ1n) is 9.41. The number of nitrogens with zero attached hydrogens (tertiary/aromatic N) is 2. The molecule has 1 fully saturated rings. The number of rotatable bonds is 8. The molecule has 8 heteroatoms. The zero-order chi connectivity index (χ0) is 19.1. The molecule has 1 aromatic carbocycles. The summed E-state index contributed by atoms with van der Waals surface area (Å²) < 4.78 is 5.25. The summed E-state index contributed by atoms with van der Waals surface area (Å²) in [7, 11) is 0. The molecular formula is C19H26N4O4. The molecule has 0 atom stereocenters. The quantitative estimate of drug-likeness (QED) is 0.481. The highest BCUT2D eigenvalue weighted by Crippen LogP contribution is 2.22. The Labute approximate surface area is 157 Å². The summed E-state index contributed by atoms with van der Waals surface area (Å²) in [6, 6.07) is 7.60. The van der Waals surface area contributed by atoms with E-state index >= 15 is 0 Å². The van der Waals surface area contributed by atoms with Crippen molar-refractivity contribution < 1.29 is 19.3 Å². The predicted octanol–water partition coefficient (Wildman–Crippen LogP) is 1.83. The van der Waals surface area contributed by atoms with Crippen LogP contribution in [0.3, 0.4) is 0 Å². The molecule has 3 rings (SSSR count). The lowest BCUT2D eigenvalue weighted by Gasteiger charge is -2.31. The van der Waals surface area contributed by atoms with E-state index in [-0.39, 0.29) is 11.8 Å². The fraction of sp³-hybridized carbons (Fsp3) is 0.526. The number of hydrogen-bond acceptors (Lipinski definition) is 6. The smallest absolute Gasteiger partial charge is 0.243 e. The number of carbonyl (C=O) groups is 2. The maximum absolute atomic E-state index is 12.2. The van der Waals surface area contributed by atoms with Crippen LogP contribution in [0.4, 0.5) is 0 Å². The monoisotopic (exact) mass is 374 g/mol. The van der Waals surface area contributed by atoms with Crippen molar-refractivity contribution in [2.45, 2.75) is 38.6 Å². The lowest BCUT2D eigenvalue weighted by Crippen LogP contribution is -2.41. The highest BCUT2D eigenvalue weighted by molar-refractivity contribution is 5.81. The molecule has 0 radical (unpaired) electrons. The van der Waals surface area contributed by atoms with E-state index in [1.54, 1.807) is 5.48 Å². The summed E-state index contributed by atoms with van der Waals surface area (Å²) in [5, 5.41) is 16.4. The number of benzene rings is 1. The third-order valence-electron chi connectivity index (χ3n) is 5.12. The van der Waals surface area contributed by atoms with Gasteiger partial charge in [-0.25, -0.2) is 5.48 Å². The van der Waals surface area contributed by atoms with E-state index in [1.165, 1.54) is 0 Å². The molecule has 2 aromatic rings. The Hall–Kier alpha value is -2.45. The lowest BCUT2D eigenvalue weighted by atomic mass is 9.91. The second-order valence-corrected chi connectivity index (χ2v) is 7.05. The van der Waals surface area contributed by atoms with Crippen molar-refractivity contribution in [1.29, 1.82) is 0 Å². The van der Waals surface area contributed by atoms with E-state index in [2.05, 4.69) is 15.4 Å². The Morgan fingerprint density at radius 2 is 2.00 bits per heavy atom. The van der Waals surface area contributed by atoms with E-state index in [9.17, 15) is 9.59 Å². The summed E-state index contributed by atoms with van der Waals surface area (Å²) >= 11 is 0. The van der Waals surface area contributed by atoms with Gasteiger partial charge in [0.1, 0.15) is 5.69 Å². The maximum atomic E-state index is 12.2. The molecule has 27 heavy (non-hydrogen) atoms. The molecule has 0 saturated carbocycles. The van der Waals surface area contributed by atoms with Gasteiger partial charge in [0.15, 0.2) is 5.58 Å². The average Bonchev–Trinajstić information content (AvgIpc) is 3.11. The van der Waals surface area contributed by atoms with Crippen LogP contribution in [0.25, 0.3) is 11.0 Å². The SMILES string of the molecule is O=C(CCCC1CCN(CC(=O)NCc2noc3ccccc23)CC1)NO. The minimum Gasteiger partial charge on any atom is -0.356 e. The molecule has 0 bridgehead atoms. The van der Waals surface area contributed by atoms with Gasteiger partial charge in [-0.3, -0.25) is 19.7 Å². The first-order valence-corrected chi connectivity index (χ1v) is 9.41. The Morgan fingerprint density at radius 3 is 2.78 bits per heavy atom. The number of carbonyl (C=O) groups excluding carboxylic acids is 2. The summed E-state index contributed by atoms with van der Waals surface area (Å²) in [5.74, 6) is 0.237. The van der Waals surface area contributed by atoms with E-state index in [4.69, 9.17) is 9.73 Å². The standard InChI is InChI=1S/C19H26N4O4/c24-18(21-26)7-3-4-14-8-10-23(11-9-14)13-19(25)20-12-16-15-5-1-2-6-17(15)27-22-16/h1-2,5-6,14,26H,3-4,7-13H2,(H,20,25)(H,21,24). The number of para-hydroxylation sites is 1. The fourth-order valence-electron chi connectivity index (χ4n) is 3.55. The highest BCUT2D eigenvalue weighted by Gasteiger charge is 2.21. The Balaban J connectivity index is 1.35. The Bertz CT molecular complexity index is 768. The van der Waals surface area contributed by atoms with E-state index in [0.717, 1.165) is 55.4 Å². The van der Waals surface area contributed by atoms with Gasteiger partial charge in [0.05, 0.1) is 13.1 Å². The van der Waals surface area contributed by atoms with Crippen LogP contribution in [0.2, 0.25) is 0 Å². The minimum atomic E-state index is -0.330. The molecule has 2 amide bonds. The van der Waals surface area contributed by atoms with Crippen LogP contribution in [-0.2, 0) is 16.1 Å². The first kappa shape index (κ1) is 19.3. The van der Waals surface area contributed by atoms with E-state index in [0.29, 0.717) is 25.4 Å². The summed E-state index contributed by atoms with van der Waals surface area (Å²) in [5.41, 5.74) is 3.12. The Kier molecular flexibility index (Phi) is 6.78. The largest absolute Gasteiger partial charge is 0.356 e. The molecule has 0 aliphatic carbocycles. The molecule has 1 aliphatic rings. The van der Waals surface area contributed by atoms with Crippen molar-refractivity contribution in [3.8, 4) is 0 Å². The van der Waals surface area contributed by atoms with Crippen LogP contribution < -0.4 is 10.8 Å². The predicted molar refractivity (Wildman–Crippen MR) is 98.8 cm³/mol. The molecule has 0 spiro atoms. The number of amides is 2. The van der Waals surface area contributed by atoms with Crippen LogP contribution in [0.15, 0.2) is 28.8 Å². The molecular weight excluding hydrogens is 348 g/mol. The second kappa shape index (κ2) is 9.48. The fourth-order valence-corrected chi connectivity index (χ4v) is 3.55. The van der Waals surface area contributed by atoms with Crippen molar-refractivity contribution in [3.05, 3.63) is 30.0 Å². The summed E-state index contributed by atoms with van der Waals surface area (Å²) in [6.45, 7) is 2.52. The summed E-state index contributed by atoms with van der Waals surface area (Å²) in [4.78, 5) is 25.4. The van der Waals surface area contributed by atoms with Crippen molar-refractivity contribution in [1.82, 2.24) is 20.9 Å². The number of nitrogens with one attached hydrogen (secondary N) is 2. The third kappa shape index (κ3) is 5.51. The average molecular weight is 374 g/mol. The normalized spacial score (nSPS) is 15.7. The van der Waals surface area contributed by atoms with Crippen molar-refractivity contribution in [2.24, 2.45) is 5.92 Å². The number of piperidine rings is 1. The molecule has 1 saturated heterocycles. The molecule has 3 N–H and O–H groups in total. The third-order valence-corrected chi connectivity index (χ3v) is 5.12. The number of hydrogen-bond donors (Lipinski definition) is 3. The summed E-state index contributed by atoms with van der Waals surface area (Å²) in [6.07, 6.45) is 4.18. The zero-order valence-electron chi connectivity index (χ0n) is 15.3. The van der Waals surface area contributed by atoms with E-state index < -0.39 is 0 Å². The van der Waals surface area contributed by atoms with Gasteiger partial charge in [-0.2, -0.15) is 0 Å². The van der Waals surface area contributed by atoms with Gasteiger partial charge in [-0.1, -0.05) is 17.3 Å². The van der Waals surface area contributed by atoms with Gasteiger partial charge in [0.2, 0.25) is 11.8 Å². The molecule has 1 aromatic heterocycles.